The highest BCUT2D eigenvalue weighted by atomic mass is 16.5. The van der Waals surface area contributed by atoms with Crippen LogP contribution in [-0.4, -0.2) is 38.3 Å². The van der Waals surface area contributed by atoms with E-state index in [9.17, 15) is 0 Å². The molecule has 2 fully saturated rings. The van der Waals surface area contributed by atoms with Gasteiger partial charge in [-0.05, 0) is 46.1 Å². The lowest BCUT2D eigenvalue weighted by atomic mass is 9.97. The summed E-state index contributed by atoms with van der Waals surface area (Å²) in [6.45, 7) is 5.91. The van der Waals surface area contributed by atoms with Gasteiger partial charge >= 0.3 is 0 Å². The summed E-state index contributed by atoms with van der Waals surface area (Å²) in [5.74, 6) is 3.88. The quantitative estimate of drug-likeness (QED) is 0.858. The molecule has 4 rings (SSSR count). The van der Waals surface area contributed by atoms with Crippen LogP contribution in [0.3, 0.4) is 0 Å². The molecule has 2 aliphatic rings. The Hall–Kier alpha value is -1.76. The molecule has 0 unspecified atom stereocenters. The topological polar surface area (TPSA) is 81.1 Å². The zero-order valence-corrected chi connectivity index (χ0v) is 13.0. The molecule has 1 aliphatic carbocycles. The first-order valence-electron chi connectivity index (χ1n) is 8.08. The number of aryl methyl sites for hydroxylation is 1. The molecular formula is C15H21N5O2. The third-order valence-corrected chi connectivity index (χ3v) is 4.65. The average molecular weight is 303 g/mol. The SMILES string of the molecule is Cc1noc([C@@H]2CCCN([C@H](C)c3nc(C4CC4)no3)C2)n1. The molecule has 2 aromatic rings. The number of rotatable bonds is 4. The number of aromatic nitrogens is 4. The van der Waals surface area contributed by atoms with E-state index < -0.39 is 0 Å². The van der Waals surface area contributed by atoms with Gasteiger partial charge in [-0.1, -0.05) is 10.3 Å². The lowest BCUT2D eigenvalue weighted by Gasteiger charge is -2.33. The molecule has 1 saturated heterocycles. The smallest absolute Gasteiger partial charge is 0.243 e. The zero-order valence-electron chi connectivity index (χ0n) is 13.0. The molecule has 0 radical (unpaired) electrons. The van der Waals surface area contributed by atoms with Crippen LogP contribution in [0.1, 0.15) is 73.9 Å². The van der Waals surface area contributed by atoms with Crippen molar-refractivity contribution in [3.05, 3.63) is 23.4 Å². The highest BCUT2D eigenvalue weighted by Gasteiger charge is 2.33. The Morgan fingerprint density at radius 3 is 2.68 bits per heavy atom. The molecule has 0 bridgehead atoms. The standard InChI is InChI=1S/C15H21N5O2/c1-9(14-17-13(19-21-14)11-5-6-11)20-7-3-4-12(8-20)15-16-10(2)18-22-15/h9,11-12H,3-8H2,1-2H3/t9-,12-/m1/s1. The van der Waals surface area contributed by atoms with Gasteiger partial charge in [0, 0.05) is 12.5 Å². The Morgan fingerprint density at radius 1 is 1.09 bits per heavy atom. The Labute approximate surface area is 129 Å². The maximum Gasteiger partial charge on any atom is 0.243 e. The van der Waals surface area contributed by atoms with Crippen LogP contribution in [0.25, 0.3) is 0 Å². The van der Waals surface area contributed by atoms with Crippen molar-refractivity contribution in [3.8, 4) is 0 Å². The molecule has 118 valence electrons. The van der Waals surface area contributed by atoms with Gasteiger partial charge in [-0.15, -0.1) is 0 Å². The molecule has 1 saturated carbocycles. The summed E-state index contributed by atoms with van der Waals surface area (Å²) in [5, 5.41) is 8.03. The summed E-state index contributed by atoms with van der Waals surface area (Å²) in [6, 6.07) is 0.131. The lowest BCUT2D eigenvalue weighted by molar-refractivity contribution is 0.123. The van der Waals surface area contributed by atoms with Crippen molar-refractivity contribution in [1.29, 1.82) is 0 Å². The average Bonchev–Trinajstić information content (AvgIpc) is 3.10. The molecule has 2 atom stereocenters. The molecule has 1 aliphatic heterocycles. The van der Waals surface area contributed by atoms with E-state index in [-0.39, 0.29) is 6.04 Å². The molecular weight excluding hydrogens is 282 g/mol. The highest BCUT2D eigenvalue weighted by molar-refractivity contribution is 5.05. The number of nitrogens with zero attached hydrogens (tertiary/aromatic N) is 5. The zero-order chi connectivity index (χ0) is 15.1. The van der Waals surface area contributed by atoms with E-state index in [0.717, 1.165) is 43.5 Å². The van der Waals surface area contributed by atoms with Crippen molar-refractivity contribution in [2.75, 3.05) is 13.1 Å². The Bertz CT molecular complexity index is 648. The maximum atomic E-state index is 5.47. The van der Waals surface area contributed by atoms with Crippen molar-refractivity contribution in [2.45, 2.75) is 57.4 Å². The van der Waals surface area contributed by atoms with Gasteiger partial charge in [0.15, 0.2) is 11.6 Å². The Morgan fingerprint density at radius 2 is 1.95 bits per heavy atom. The minimum absolute atomic E-state index is 0.131. The fourth-order valence-electron chi connectivity index (χ4n) is 3.12. The fourth-order valence-corrected chi connectivity index (χ4v) is 3.12. The molecule has 0 aromatic carbocycles. The molecule has 0 N–H and O–H groups in total. The van der Waals surface area contributed by atoms with E-state index in [1.807, 2.05) is 6.92 Å². The second-order valence-electron chi connectivity index (χ2n) is 6.45. The van der Waals surface area contributed by atoms with Crippen LogP contribution in [0, 0.1) is 6.92 Å². The first kappa shape index (κ1) is 13.9. The summed E-state index contributed by atoms with van der Waals surface area (Å²) >= 11 is 0. The van der Waals surface area contributed by atoms with Gasteiger partial charge in [0.05, 0.1) is 12.0 Å². The van der Waals surface area contributed by atoms with Crippen molar-refractivity contribution < 1.29 is 9.05 Å². The Balaban J connectivity index is 1.46. The van der Waals surface area contributed by atoms with Crippen molar-refractivity contribution in [3.63, 3.8) is 0 Å². The highest BCUT2D eigenvalue weighted by Crippen LogP contribution is 2.39. The lowest BCUT2D eigenvalue weighted by Crippen LogP contribution is -2.36. The molecule has 0 spiro atoms. The monoisotopic (exact) mass is 303 g/mol. The third-order valence-electron chi connectivity index (χ3n) is 4.65. The molecule has 22 heavy (non-hydrogen) atoms. The van der Waals surface area contributed by atoms with Gasteiger partial charge in [-0.25, -0.2) is 0 Å². The third kappa shape index (κ3) is 2.65. The number of hydrogen-bond acceptors (Lipinski definition) is 7. The van der Waals surface area contributed by atoms with Crippen LogP contribution in [0.15, 0.2) is 9.05 Å². The largest absolute Gasteiger partial charge is 0.339 e. The minimum Gasteiger partial charge on any atom is -0.339 e. The summed E-state index contributed by atoms with van der Waals surface area (Å²) in [4.78, 5) is 11.3. The Kier molecular flexibility index (Phi) is 3.44. The number of hydrogen-bond donors (Lipinski definition) is 0. The van der Waals surface area contributed by atoms with Crippen molar-refractivity contribution in [2.24, 2.45) is 0 Å². The van der Waals surface area contributed by atoms with Crippen molar-refractivity contribution in [1.82, 2.24) is 25.2 Å². The predicted molar refractivity (Wildman–Crippen MR) is 77.3 cm³/mol. The van der Waals surface area contributed by atoms with Crippen LogP contribution in [0.4, 0.5) is 0 Å². The predicted octanol–water partition coefficient (Wildman–Crippen LogP) is 2.58. The van der Waals surface area contributed by atoms with E-state index in [1.54, 1.807) is 0 Å². The molecule has 7 heteroatoms. The first-order valence-corrected chi connectivity index (χ1v) is 8.08. The molecule has 0 amide bonds. The van der Waals surface area contributed by atoms with Gasteiger partial charge in [-0.3, -0.25) is 4.90 Å². The first-order chi connectivity index (χ1) is 10.7. The van der Waals surface area contributed by atoms with Gasteiger partial charge < -0.3 is 9.05 Å². The fraction of sp³-hybridized carbons (Fsp3) is 0.733. The van der Waals surface area contributed by atoms with E-state index in [4.69, 9.17) is 9.05 Å². The molecule has 2 aromatic heterocycles. The summed E-state index contributed by atoms with van der Waals surface area (Å²) in [7, 11) is 0. The summed E-state index contributed by atoms with van der Waals surface area (Å²) in [5.41, 5.74) is 0. The second kappa shape index (κ2) is 5.46. The van der Waals surface area contributed by atoms with Crippen LogP contribution in [0.5, 0.6) is 0 Å². The molecule has 3 heterocycles. The maximum absolute atomic E-state index is 5.47. The van der Waals surface area contributed by atoms with Crippen LogP contribution < -0.4 is 0 Å². The van der Waals surface area contributed by atoms with Crippen LogP contribution >= 0.6 is 0 Å². The normalized spacial score (nSPS) is 24.5. The van der Waals surface area contributed by atoms with E-state index >= 15 is 0 Å². The summed E-state index contributed by atoms with van der Waals surface area (Å²) < 4.78 is 10.8. The summed E-state index contributed by atoms with van der Waals surface area (Å²) in [6.07, 6.45) is 4.58. The van der Waals surface area contributed by atoms with Crippen molar-refractivity contribution >= 4 is 0 Å². The van der Waals surface area contributed by atoms with E-state index in [2.05, 4.69) is 32.1 Å². The van der Waals surface area contributed by atoms with Gasteiger partial charge in [0.2, 0.25) is 11.8 Å². The molecule has 7 nitrogen and oxygen atoms in total. The second-order valence-corrected chi connectivity index (χ2v) is 6.45. The van der Waals surface area contributed by atoms with E-state index in [0.29, 0.717) is 17.7 Å². The minimum atomic E-state index is 0.131. The van der Waals surface area contributed by atoms with Gasteiger partial charge in [0.1, 0.15) is 0 Å². The van der Waals surface area contributed by atoms with Gasteiger partial charge in [0.25, 0.3) is 0 Å². The van der Waals surface area contributed by atoms with Crippen LogP contribution in [-0.2, 0) is 0 Å². The van der Waals surface area contributed by atoms with E-state index in [1.165, 1.54) is 12.8 Å². The number of likely N-dealkylation sites (tertiary alicyclic amines) is 1. The van der Waals surface area contributed by atoms with Gasteiger partial charge in [-0.2, -0.15) is 9.97 Å². The number of piperidine rings is 1. The van der Waals surface area contributed by atoms with Crippen LogP contribution in [0.2, 0.25) is 0 Å².